The fourth-order valence-corrected chi connectivity index (χ4v) is 3.00. The summed E-state index contributed by atoms with van der Waals surface area (Å²) >= 11 is 5.24. The van der Waals surface area contributed by atoms with Gasteiger partial charge in [0.2, 0.25) is 0 Å². The van der Waals surface area contributed by atoms with Crippen LogP contribution in [0.5, 0.6) is 5.75 Å². The average Bonchev–Trinajstić information content (AvgIpc) is 2.75. The molecule has 0 spiro atoms. The monoisotopic (exact) mass is 427 g/mol. The molecule has 0 aliphatic rings. The Balaban J connectivity index is 1.93. The zero-order valence-electron chi connectivity index (χ0n) is 17.7. The molecular weight excluding hydrogens is 398 g/mol. The Bertz CT molecular complexity index is 864. The van der Waals surface area contributed by atoms with E-state index in [-0.39, 0.29) is 16.9 Å². The predicted octanol–water partition coefficient (Wildman–Crippen LogP) is 4.47. The fourth-order valence-electron chi connectivity index (χ4n) is 2.79. The van der Waals surface area contributed by atoms with E-state index in [1.807, 2.05) is 19.9 Å². The number of hydrogen-bond acceptors (Lipinski definition) is 4. The van der Waals surface area contributed by atoms with Gasteiger partial charge < -0.3 is 15.0 Å². The summed E-state index contributed by atoms with van der Waals surface area (Å²) in [5.74, 6) is 0.327. The van der Waals surface area contributed by atoms with Crippen molar-refractivity contribution in [1.29, 1.82) is 0 Å². The minimum atomic E-state index is -0.318. The third kappa shape index (κ3) is 6.84. The van der Waals surface area contributed by atoms with Crippen LogP contribution >= 0.6 is 12.2 Å². The van der Waals surface area contributed by atoms with Crippen molar-refractivity contribution in [3.8, 4) is 5.75 Å². The van der Waals surface area contributed by atoms with Crippen molar-refractivity contribution in [3.05, 3.63) is 59.7 Å². The van der Waals surface area contributed by atoms with Gasteiger partial charge in [0.05, 0.1) is 6.61 Å². The van der Waals surface area contributed by atoms with Crippen molar-refractivity contribution in [1.82, 2.24) is 10.2 Å². The predicted molar refractivity (Wildman–Crippen MR) is 124 cm³/mol. The topological polar surface area (TPSA) is 70.7 Å². The molecule has 6 nitrogen and oxygen atoms in total. The van der Waals surface area contributed by atoms with E-state index < -0.39 is 0 Å². The largest absolute Gasteiger partial charge is 0.494 e. The number of hydrogen-bond donors (Lipinski definition) is 2. The van der Waals surface area contributed by atoms with Crippen LogP contribution in [0, 0.1) is 0 Å². The van der Waals surface area contributed by atoms with Crippen molar-refractivity contribution in [3.63, 3.8) is 0 Å². The molecule has 2 aromatic carbocycles. The third-order valence-corrected chi connectivity index (χ3v) is 4.73. The van der Waals surface area contributed by atoms with Gasteiger partial charge in [-0.05, 0) is 75.0 Å². The number of carbonyl (C=O) groups excluding carboxylic acids is 2. The number of amides is 2. The van der Waals surface area contributed by atoms with Crippen molar-refractivity contribution >= 4 is 34.8 Å². The summed E-state index contributed by atoms with van der Waals surface area (Å²) in [7, 11) is 0. The quantitative estimate of drug-likeness (QED) is 0.456. The number of ether oxygens (including phenoxy) is 1. The van der Waals surface area contributed by atoms with Gasteiger partial charge in [-0.25, -0.2) is 0 Å². The van der Waals surface area contributed by atoms with Crippen LogP contribution in [0.15, 0.2) is 48.5 Å². The number of thiocarbonyl (C=S) groups is 1. The standard InChI is InChI=1S/C23H29N3O3S/c1-4-7-15-29-20-10-8-9-18(16-20)21(27)25-23(30)24-19-13-11-17(12-14-19)22(28)26(5-2)6-3/h8-14,16H,4-7,15H2,1-3H3,(H2,24,25,27,30). The molecule has 7 heteroatoms. The van der Waals surface area contributed by atoms with Crippen molar-refractivity contribution in [2.24, 2.45) is 0 Å². The Kier molecular flexibility index (Phi) is 9.28. The van der Waals surface area contributed by atoms with Crippen LogP contribution in [0.4, 0.5) is 5.69 Å². The number of carbonyl (C=O) groups is 2. The zero-order chi connectivity index (χ0) is 21.9. The number of nitrogens with one attached hydrogen (secondary N) is 2. The molecular formula is C23H29N3O3S. The van der Waals surface area contributed by atoms with E-state index in [1.54, 1.807) is 47.4 Å². The van der Waals surface area contributed by atoms with Gasteiger partial charge >= 0.3 is 0 Å². The molecule has 0 aliphatic heterocycles. The maximum absolute atomic E-state index is 12.5. The first-order chi connectivity index (χ1) is 14.5. The first kappa shape index (κ1) is 23.3. The van der Waals surface area contributed by atoms with E-state index in [4.69, 9.17) is 17.0 Å². The summed E-state index contributed by atoms with van der Waals surface area (Å²) in [4.78, 5) is 26.6. The highest BCUT2D eigenvalue weighted by molar-refractivity contribution is 7.80. The second kappa shape index (κ2) is 11.9. The number of benzene rings is 2. The van der Waals surface area contributed by atoms with E-state index >= 15 is 0 Å². The van der Waals surface area contributed by atoms with Crippen LogP contribution in [0.2, 0.25) is 0 Å². The lowest BCUT2D eigenvalue weighted by atomic mass is 10.2. The summed E-state index contributed by atoms with van der Waals surface area (Å²) < 4.78 is 5.64. The van der Waals surface area contributed by atoms with Gasteiger partial charge in [0.25, 0.3) is 11.8 Å². The van der Waals surface area contributed by atoms with E-state index in [0.717, 1.165) is 12.8 Å². The summed E-state index contributed by atoms with van der Waals surface area (Å²) in [6.45, 7) is 7.94. The highest BCUT2D eigenvalue weighted by Crippen LogP contribution is 2.15. The van der Waals surface area contributed by atoms with Gasteiger partial charge in [0, 0.05) is 29.9 Å². The molecule has 0 atom stereocenters. The molecule has 0 unspecified atom stereocenters. The molecule has 2 rings (SSSR count). The van der Waals surface area contributed by atoms with Gasteiger partial charge in [-0.15, -0.1) is 0 Å². The SMILES string of the molecule is CCCCOc1cccc(C(=O)NC(=S)Nc2ccc(C(=O)N(CC)CC)cc2)c1. The van der Waals surface area contributed by atoms with Crippen molar-refractivity contribution in [2.75, 3.05) is 25.0 Å². The second-order valence-corrected chi connectivity index (χ2v) is 7.10. The molecule has 0 saturated heterocycles. The lowest BCUT2D eigenvalue weighted by molar-refractivity contribution is 0.0772. The molecule has 0 heterocycles. The molecule has 30 heavy (non-hydrogen) atoms. The Morgan fingerprint density at radius 2 is 1.70 bits per heavy atom. The Morgan fingerprint density at radius 3 is 2.33 bits per heavy atom. The zero-order valence-corrected chi connectivity index (χ0v) is 18.6. The van der Waals surface area contributed by atoms with E-state index in [0.29, 0.717) is 42.3 Å². The number of anilines is 1. The molecule has 2 amide bonds. The smallest absolute Gasteiger partial charge is 0.257 e. The van der Waals surface area contributed by atoms with Gasteiger partial charge in [0.1, 0.15) is 5.75 Å². The maximum Gasteiger partial charge on any atom is 0.257 e. The molecule has 160 valence electrons. The van der Waals surface area contributed by atoms with Crippen molar-refractivity contribution in [2.45, 2.75) is 33.6 Å². The van der Waals surface area contributed by atoms with E-state index in [2.05, 4.69) is 17.6 Å². The summed E-state index contributed by atoms with van der Waals surface area (Å²) in [5, 5.41) is 5.81. The highest BCUT2D eigenvalue weighted by atomic mass is 32.1. The first-order valence-electron chi connectivity index (χ1n) is 10.2. The molecule has 0 saturated carbocycles. The van der Waals surface area contributed by atoms with Crippen LogP contribution in [0.25, 0.3) is 0 Å². The van der Waals surface area contributed by atoms with Gasteiger partial charge in [0.15, 0.2) is 5.11 Å². The molecule has 0 radical (unpaired) electrons. The number of unbranched alkanes of at least 4 members (excludes halogenated alkanes) is 1. The Morgan fingerprint density at radius 1 is 1.00 bits per heavy atom. The van der Waals surface area contributed by atoms with Gasteiger partial charge in [-0.3, -0.25) is 14.9 Å². The minimum Gasteiger partial charge on any atom is -0.494 e. The lowest BCUT2D eigenvalue weighted by Crippen LogP contribution is -2.34. The van der Waals surface area contributed by atoms with Crippen LogP contribution in [-0.2, 0) is 0 Å². The average molecular weight is 428 g/mol. The van der Waals surface area contributed by atoms with Gasteiger partial charge in [-0.1, -0.05) is 19.4 Å². The van der Waals surface area contributed by atoms with Crippen molar-refractivity contribution < 1.29 is 14.3 Å². The number of nitrogens with zero attached hydrogens (tertiary/aromatic N) is 1. The number of rotatable bonds is 9. The van der Waals surface area contributed by atoms with Crippen LogP contribution in [0.1, 0.15) is 54.3 Å². The fraction of sp³-hybridized carbons (Fsp3) is 0.348. The second-order valence-electron chi connectivity index (χ2n) is 6.69. The normalized spacial score (nSPS) is 10.2. The summed E-state index contributed by atoms with van der Waals surface area (Å²) in [5.41, 5.74) is 1.76. The Labute approximate surface area is 183 Å². The molecule has 0 aliphatic carbocycles. The first-order valence-corrected chi connectivity index (χ1v) is 10.6. The van der Waals surface area contributed by atoms with Crippen LogP contribution in [-0.4, -0.2) is 41.5 Å². The molecule has 2 aromatic rings. The summed E-state index contributed by atoms with van der Waals surface area (Å²) in [6.07, 6.45) is 2.01. The molecule has 0 fully saturated rings. The highest BCUT2D eigenvalue weighted by Gasteiger charge is 2.13. The van der Waals surface area contributed by atoms with Crippen LogP contribution in [0.3, 0.4) is 0 Å². The maximum atomic E-state index is 12.5. The van der Waals surface area contributed by atoms with E-state index in [1.165, 1.54) is 0 Å². The third-order valence-electron chi connectivity index (χ3n) is 4.53. The Hall–Kier alpha value is -2.93. The van der Waals surface area contributed by atoms with Gasteiger partial charge in [-0.2, -0.15) is 0 Å². The lowest BCUT2D eigenvalue weighted by Gasteiger charge is -2.18. The minimum absolute atomic E-state index is 0.0107. The van der Waals surface area contributed by atoms with E-state index in [9.17, 15) is 9.59 Å². The molecule has 0 bridgehead atoms. The molecule has 0 aromatic heterocycles. The molecule has 2 N–H and O–H groups in total. The van der Waals surface area contributed by atoms with Crippen LogP contribution < -0.4 is 15.4 Å². The summed E-state index contributed by atoms with van der Waals surface area (Å²) in [6, 6.07) is 14.0.